The molecular weight excluding hydrogens is 336 g/mol. The van der Waals surface area contributed by atoms with Crippen LogP contribution in [-0.2, 0) is 16.0 Å². The summed E-state index contributed by atoms with van der Waals surface area (Å²) in [6.07, 6.45) is 3.32. The minimum Gasteiger partial charge on any atom is -0.356 e. The van der Waals surface area contributed by atoms with Gasteiger partial charge in [0.25, 0.3) is 0 Å². The summed E-state index contributed by atoms with van der Waals surface area (Å²) in [7, 11) is 2.04. The van der Waals surface area contributed by atoms with Crippen molar-refractivity contribution in [2.75, 3.05) is 20.1 Å². The molecule has 2 atom stereocenters. The molecule has 1 fully saturated rings. The molecule has 2 rings (SSSR count). The number of likely N-dealkylation sites (N-methyl/N-ethyl adjacent to an activating group) is 1. The van der Waals surface area contributed by atoms with Crippen molar-refractivity contribution in [3.8, 4) is 0 Å². The number of aromatic nitrogens is 1. The molecule has 0 spiro atoms. The molecule has 0 bridgehead atoms. The first-order valence-corrected chi connectivity index (χ1v) is 9.92. The van der Waals surface area contributed by atoms with E-state index in [0.29, 0.717) is 31.5 Å². The highest BCUT2D eigenvalue weighted by atomic mass is 32.1. The van der Waals surface area contributed by atoms with E-state index >= 15 is 0 Å². The molecule has 0 radical (unpaired) electrons. The Morgan fingerprint density at radius 1 is 1.32 bits per heavy atom. The number of carbonyl (C=O) groups is 2. The number of nitrogens with zero attached hydrogens (tertiary/aromatic N) is 2. The molecule has 0 saturated carbocycles. The molecule has 0 aliphatic carbocycles. The number of carbonyl (C=O) groups excluding carboxylic acids is 2. The van der Waals surface area contributed by atoms with E-state index in [1.165, 1.54) is 6.92 Å². The van der Waals surface area contributed by atoms with Crippen LogP contribution in [0.2, 0.25) is 0 Å². The Kier molecular flexibility index (Phi) is 7.38. The third kappa shape index (κ3) is 6.08. The van der Waals surface area contributed by atoms with Crippen molar-refractivity contribution < 1.29 is 9.59 Å². The van der Waals surface area contributed by atoms with E-state index in [2.05, 4.69) is 39.7 Å². The molecule has 25 heavy (non-hydrogen) atoms. The summed E-state index contributed by atoms with van der Waals surface area (Å²) in [5, 5.41) is 9.06. The van der Waals surface area contributed by atoms with Gasteiger partial charge in [-0.2, -0.15) is 0 Å². The van der Waals surface area contributed by atoms with Crippen molar-refractivity contribution >= 4 is 23.2 Å². The quantitative estimate of drug-likeness (QED) is 0.737. The highest BCUT2D eigenvalue weighted by Crippen LogP contribution is 2.24. The summed E-state index contributed by atoms with van der Waals surface area (Å²) >= 11 is 1.67. The summed E-state index contributed by atoms with van der Waals surface area (Å²) in [6.45, 7) is 7.10. The Morgan fingerprint density at radius 2 is 2.04 bits per heavy atom. The normalized spacial score (nSPS) is 20.8. The Morgan fingerprint density at radius 3 is 2.68 bits per heavy atom. The van der Waals surface area contributed by atoms with Crippen molar-refractivity contribution in [1.82, 2.24) is 20.5 Å². The van der Waals surface area contributed by atoms with Crippen LogP contribution in [-0.4, -0.2) is 53.9 Å². The summed E-state index contributed by atoms with van der Waals surface area (Å²) < 4.78 is 0. The van der Waals surface area contributed by atoms with Gasteiger partial charge in [-0.3, -0.25) is 14.5 Å². The second-order valence-electron chi connectivity index (χ2n) is 7.11. The first kappa shape index (κ1) is 19.8. The van der Waals surface area contributed by atoms with Crippen LogP contribution in [0.4, 0.5) is 0 Å². The number of amides is 2. The molecule has 6 nitrogen and oxygen atoms in total. The minimum atomic E-state index is -0.00240. The zero-order chi connectivity index (χ0) is 18.4. The smallest absolute Gasteiger partial charge is 0.221 e. The van der Waals surface area contributed by atoms with Crippen LogP contribution in [0.5, 0.6) is 0 Å². The van der Waals surface area contributed by atoms with Gasteiger partial charge in [-0.15, -0.1) is 11.3 Å². The molecule has 0 unspecified atom stereocenters. The van der Waals surface area contributed by atoms with Crippen molar-refractivity contribution in [3.05, 3.63) is 16.1 Å². The lowest BCUT2D eigenvalue weighted by atomic mass is 10.1. The van der Waals surface area contributed by atoms with E-state index in [4.69, 9.17) is 0 Å². The standard InChI is InChI=1S/C18H30N4O2S/c1-12(2)16-11-25-18(21-16)7-8-19-17(24)9-14-5-6-15(22(14)4)10-20-13(3)23/h11-12,14-15H,5-10H2,1-4H3,(H,19,24)(H,20,23)/t14-,15+/m0/s1. The first-order valence-electron chi connectivity index (χ1n) is 9.04. The lowest BCUT2D eigenvalue weighted by Crippen LogP contribution is -2.42. The molecule has 1 saturated heterocycles. The Bertz CT molecular complexity index is 587. The fourth-order valence-electron chi connectivity index (χ4n) is 3.14. The largest absolute Gasteiger partial charge is 0.356 e. The van der Waals surface area contributed by atoms with E-state index in [0.717, 1.165) is 30.0 Å². The molecule has 2 amide bonds. The van der Waals surface area contributed by atoms with Gasteiger partial charge in [0.2, 0.25) is 11.8 Å². The average Bonchev–Trinajstić information content (AvgIpc) is 3.14. The maximum atomic E-state index is 12.2. The molecule has 1 aromatic rings. The predicted octanol–water partition coefficient (Wildman–Crippen LogP) is 1.91. The van der Waals surface area contributed by atoms with Gasteiger partial charge in [-0.05, 0) is 25.8 Å². The second-order valence-corrected chi connectivity index (χ2v) is 8.06. The van der Waals surface area contributed by atoms with Crippen LogP contribution < -0.4 is 10.6 Å². The summed E-state index contributed by atoms with van der Waals surface area (Å²) in [5.74, 6) is 0.540. The monoisotopic (exact) mass is 366 g/mol. The summed E-state index contributed by atoms with van der Waals surface area (Å²) in [6, 6.07) is 0.581. The number of nitrogens with one attached hydrogen (secondary N) is 2. The number of likely N-dealkylation sites (tertiary alicyclic amines) is 1. The molecule has 2 N–H and O–H groups in total. The second kappa shape index (κ2) is 9.29. The van der Waals surface area contributed by atoms with Gasteiger partial charge in [-0.1, -0.05) is 13.8 Å². The molecule has 1 aromatic heterocycles. The van der Waals surface area contributed by atoms with E-state index in [1.54, 1.807) is 11.3 Å². The Balaban J connectivity index is 1.68. The SMILES string of the molecule is CC(=O)NC[C@H]1CC[C@@H](CC(=O)NCCc2nc(C(C)C)cs2)N1C. The minimum absolute atomic E-state index is 0.00240. The summed E-state index contributed by atoms with van der Waals surface area (Å²) in [5.41, 5.74) is 1.13. The molecular formula is C18H30N4O2S. The van der Waals surface area contributed by atoms with Crippen LogP contribution in [0.3, 0.4) is 0 Å². The zero-order valence-electron chi connectivity index (χ0n) is 15.7. The van der Waals surface area contributed by atoms with E-state index in [-0.39, 0.29) is 17.9 Å². The van der Waals surface area contributed by atoms with Crippen LogP contribution >= 0.6 is 11.3 Å². The maximum absolute atomic E-state index is 12.2. The highest BCUT2D eigenvalue weighted by Gasteiger charge is 2.31. The fourth-order valence-corrected chi connectivity index (χ4v) is 4.10. The van der Waals surface area contributed by atoms with Gasteiger partial charge < -0.3 is 10.6 Å². The fraction of sp³-hybridized carbons (Fsp3) is 0.722. The van der Waals surface area contributed by atoms with Gasteiger partial charge in [-0.25, -0.2) is 4.98 Å². The lowest BCUT2D eigenvalue weighted by Gasteiger charge is -2.25. The topological polar surface area (TPSA) is 74.3 Å². The Hall–Kier alpha value is -1.47. The number of thiazole rings is 1. The van der Waals surface area contributed by atoms with Crippen LogP contribution in [0.1, 0.15) is 56.7 Å². The van der Waals surface area contributed by atoms with Gasteiger partial charge in [0.05, 0.1) is 10.7 Å². The molecule has 0 aromatic carbocycles. The summed E-state index contributed by atoms with van der Waals surface area (Å²) in [4.78, 5) is 30.1. The third-order valence-corrected chi connectivity index (χ3v) is 5.74. The number of hydrogen-bond donors (Lipinski definition) is 2. The van der Waals surface area contributed by atoms with Gasteiger partial charge in [0.1, 0.15) is 0 Å². The average molecular weight is 367 g/mol. The van der Waals surface area contributed by atoms with E-state index in [1.807, 2.05) is 7.05 Å². The first-order chi connectivity index (χ1) is 11.9. The highest BCUT2D eigenvalue weighted by molar-refractivity contribution is 7.09. The molecule has 7 heteroatoms. The van der Waals surface area contributed by atoms with Crippen LogP contribution in [0.25, 0.3) is 0 Å². The van der Waals surface area contributed by atoms with Crippen molar-refractivity contribution in [3.63, 3.8) is 0 Å². The van der Waals surface area contributed by atoms with Gasteiger partial charge >= 0.3 is 0 Å². The van der Waals surface area contributed by atoms with Gasteiger partial charge in [0, 0.05) is 50.3 Å². The van der Waals surface area contributed by atoms with Crippen molar-refractivity contribution in [1.29, 1.82) is 0 Å². The molecule has 2 heterocycles. The van der Waals surface area contributed by atoms with E-state index in [9.17, 15) is 9.59 Å². The van der Waals surface area contributed by atoms with Crippen molar-refractivity contribution in [2.45, 2.75) is 64.5 Å². The van der Waals surface area contributed by atoms with E-state index < -0.39 is 0 Å². The Labute approximate surface area is 154 Å². The molecule has 1 aliphatic rings. The molecule has 140 valence electrons. The molecule has 1 aliphatic heterocycles. The zero-order valence-corrected chi connectivity index (χ0v) is 16.5. The third-order valence-electron chi connectivity index (χ3n) is 4.81. The van der Waals surface area contributed by atoms with Crippen molar-refractivity contribution in [2.24, 2.45) is 0 Å². The van der Waals surface area contributed by atoms with Gasteiger partial charge in [0.15, 0.2) is 0 Å². The van der Waals surface area contributed by atoms with Crippen LogP contribution in [0.15, 0.2) is 5.38 Å². The number of rotatable bonds is 8. The van der Waals surface area contributed by atoms with Crippen LogP contribution in [0, 0.1) is 0 Å². The lowest BCUT2D eigenvalue weighted by molar-refractivity contribution is -0.122. The maximum Gasteiger partial charge on any atom is 0.221 e. The predicted molar refractivity (Wildman–Crippen MR) is 101 cm³/mol. The number of hydrogen-bond acceptors (Lipinski definition) is 5.